The van der Waals surface area contributed by atoms with Crippen LogP contribution < -0.4 is 0 Å². The second-order valence-electron chi connectivity index (χ2n) is 6.58. The van der Waals surface area contributed by atoms with Crippen LogP contribution in [0.4, 0.5) is 0 Å². The topological polar surface area (TPSA) is 26.3 Å². The molecule has 0 spiro atoms. The molecule has 2 rings (SSSR count). The molecule has 138 valence electrons. The lowest BCUT2D eigenvalue weighted by Gasteiger charge is -2.32. The fraction of sp³-hybridized carbons (Fsp3) is 0.348. The Morgan fingerprint density at radius 1 is 0.846 bits per heavy atom. The van der Waals surface area contributed by atoms with Gasteiger partial charge in [0.1, 0.15) is 0 Å². The zero-order valence-corrected chi connectivity index (χ0v) is 17.4. The first-order valence-electron chi connectivity index (χ1n) is 9.65. The first-order valence-corrected chi connectivity index (χ1v) is 12.3. The number of carbonyl (C=O) groups excluding carboxylic acids is 1. The summed E-state index contributed by atoms with van der Waals surface area (Å²) in [6.45, 7) is 9.13. The predicted octanol–water partition coefficient (Wildman–Crippen LogP) is 6.45. The zero-order valence-electron chi connectivity index (χ0n) is 16.4. The SMILES string of the molecule is CCOC(=O)c1ccccc1/C(=C/c1ccccc1)[Si](CC)(CC)CC. The van der Waals surface area contributed by atoms with Gasteiger partial charge in [-0.2, -0.15) is 0 Å². The van der Waals surface area contributed by atoms with E-state index in [9.17, 15) is 4.79 Å². The van der Waals surface area contributed by atoms with Crippen LogP contribution >= 0.6 is 0 Å². The maximum absolute atomic E-state index is 12.6. The molecule has 0 saturated carbocycles. The smallest absolute Gasteiger partial charge is 0.338 e. The lowest BCUT2D eigenvalue weighted by Crippen LogP contribution is -2.34. The molecule has 2 aromatic carbocycles. The van der Waals surface area contributed by atoms with E-state index in [4.69, 9.17) is 4.74 Å². The van der Waals surface area contributed by atoms with Crippen molar-refractivity contribution in [1.29, 1.82) is 0 Å². The molecular formula is C23H30O2Si. The third kappa shape index (κ3) is 4.33. The normalized spacial score (nSPS) is 12.1. The van der Waals surface area contributed by atoms with Crippen molar-refractivity contribution in [2.45, 2.75) is 45.8 Å². The van der Waals surface area contributed by atoms with Crippen molar-refractivity contribution in [2.24, 2.45) is 0 Å². The van der Waals surface area contributed by atoms with Crippen molar-refractivity contribution in [1.82, 2.24) is 0 Å². The van der Waals surface area contributed by atoms with Gasteiger partial charge < -0.3 is 4.74 Å². The average molecular weight is 367 g/mol. The number of hydrogen-bond donors (Lipinski definition) is 0. The molecule has 0 aliphatic heterocycles. The molecule has 0 heterocycles. The van der Waals surface area contributed by atoms with Gasteiger partial charge in [-0.05, 0) is 24.1 Å². The van der Waals surface area contributed by atoms with Gasteiger partial charge in [-0.3, -0.25) is 0 Å². The first kappa shape index (κ1) is 20.2. The molecule has 3 heteroatoms. The summed E-state index contributed by atoms with van der Waals surface area (Å²) >= 11 is 0. The molecule has 0 saturated heterocycles. The monoisotopic (exact) mass is 366 g/mol. The predicted molar refractivity (Wildman–Crippen MR) is 114 cm³/mol. The van der Waals surface area contributed by atoms with E-state index in [1.807, 2.05) is 31.2 Å². The highest BCUT2D eigenvalue weighted by Gasteiger charge is 2.34. The molecular weight excluding hydrogens is 336 g/mol. The molecule has 0 unspecified atom stereocenters. The van der Waals surface area contributed by atoms with Gasteiger partial charge in [-0.15, -0.1) is 0 Å². The standard InChI is InChI=1S/C23H30O2Si/c1-5-25-23(24)21-17-13-12-16-20(21)22(26(6-2,7-3)8-4)18-19-14-10-9-11-15-19/h9-18H,5-8H2,1-4H3/b22-18-. The number of benzene rings is 2. The number of ether oxygens (including phenoxy) is 1. The molecule has 0 bridgehead atoms. The molecule has 0 fully saturated rings. The Labute approximate surface area is 158 Å². The van der Waals surface area contributed by atoms with Gasteiger partial charge in [-0.1, -0.05) is 98.7 Å². The zero-order chi connectivity index (χ0) is 19.0. The van der Waals surface area contributed by atoms with E-state index in [0.29, 0.717) is 12.2 Å². The minimum absolute atomic E-state index is 0.228. The highest BCUT2D eigenvalue weighted by atomic mass is 28.3. The Hall–Kier alpha value is -2.13. The van der Waals surface area contributed by atoms with Crippen LogP contribution in [0.25, 0.3) is 11.3 Å². The number of rotatable bonds is 8. The first-order chi connectivity index (χ1) is 12.6. The van der Waals surface area contributed by atoms with Crippen molar-refractivity contribution in [2.75, 3.05) is 6.61 Å². The van der Waals surface area contributed by atoms with Crippen molar-refractivity contribution in [3.8, 4) is 0 Å². The number of hydrogen-bond acceptors (Lipinski definition) is 2. The minimum atomic E-state index is -1.72. The summed E-state index contributed by atoms with van der Waals surface area (Å²) in [7, 11) is -1.72. The summed E-state index contributed by atoms with van der Waals surface area (Å²) in [5.41, 5.74) is 2.92. The van der Waals surface area contributed by atoms with Crippen LogP contribution in [0.5, 0.6) is 0 Å². The van der Waals surface area contributed by atoms with Gasteiger partial charge in [0.25, 0.3) is 0 Å². The highest BCUT2D eigenvalue weighted by Crippen LogP contribution is 2.38. The fourth-order valence-electron chi connectivity index (χ4n) is 3.66. The lowest BCUT2D eigenvalue weighted by atomic mass is 10.1. The van der Waals surface area contributed by atoms with Crippen LogP contribution in [-0.2, 0) is 4.74 Å². The molecule has 0 N–H and O–H groups in total. The number of esters is 1. The maximum Gasteiger partial charge on any atom is 0.338 e. The van der Waals surface area contributed by atoms with Crippen molar-refractivity contribution >= 4 is 25.3 Å². The largest absolute Gasteiger partial charge is 0.462 e. The average Bonchev–Trinajstić information content (AvgIpc) is 2.70. The quantitative estimate of drug-likeness (QED) is 0.305. The molecule has 0 atom stereocenters. The van der Waals surface area contributed by atoms with E-state index in [2.05, 4.69) is 57.2 Å². The van der Waals surface area contributed by atoms with Gasteiger partial charge in [0.05, 0.1) is 20.2 Å². The highest BCUT2D eigenvalue weighted by molar-refractivity contribution is 6.97. The van der Waals surface area contributed by atoms with E-state index < -0.39 is 8.07 Å². The third-order valence-electron chi connectivity index (χ3n) is 5.42. The lowest BCUT2D eigenvalue weighted by molar-refractivity contribution is 0.0526. The van der Waals surface area contributed by atoms with E-state index in [-0.39, 0.29) is 5.97 Å². The Morgan fingerprint density at radius 3 is 1.92 bits per heavy atom. The van der Waals surface area contributed by atoms with Crippen LogP contribution in [-0.4, -0.2) is 20.7 Å². The molecule has 0 amide bonds. The van der Waals surface area contributed by atoms with Crippen molar-refractivity contribution < 1.29 is 9.53 Å². The Balaban J connectivity index is 2.70. The Kier molecular flexibility index (Phi) is 7.40. The Morgan fingerprint density at radius 2 is 1.38 bits per heavy atom. The van der Waals surface area contributed by atoms with Gasteiger partial charge >= 0.3 is 5.97 Å². The summed E-state index contributed by atoms with van der Waals surface area (Å²) in [6.07, 6.45) is 2.31. The summed E-state index contributed by atoms with van der Waals surface area (Å²) in [6, 6.07) is 21.8. The van der Waals surface area contributed by atoms with E-state index in [1.54, 1.807) is 0 Å². The third-order valence-corrected chi connectivity index (χ3v) is 11.0. The van der Waals surface area contributed by atoms with Gasteiger partial charge in [-0.25, -0.2) is 4.79 Å². The van der Waals surface area contributed by atoms with Crippen LogP contribution in [0, 0.1) is 0 Å². The molecule has 0 aromatic heterocycles. The molecule has 0 aliphatic rings. The molecule has 0 aliphatic carbocycles. The van der Waals surface area contributed by atoms with Crippen LogP contribution in [0.3, 0.4) is 0 Å². The second kappa shape index (κ2) is 9.53. The molecule has 2 nitrogen and oxygen atoms in total. The summed E-state index contributed by atoms with van der Waals surface area (Å²) in [5.74, 6) is -0.228. The molecule has 0 radical (unpaired) electrons. The van der Waals surface area contributed by atoms with E-state index >= 15 is 0 Å². The van der Waals surface area contributed by atoms with E-state index in [0.717, 1.165) is 23.7 Å². The van der Waals surface area contributed by atoms with Gasteiger partial charge in [0, 0.05) is 0 Å². The number of carbonyl (C=O) groups is 1. The van der Waals surface area contributed by atoms with Crippen LogP contribution in [0.1, 0.15) is 49.2 Å². The summed E-state index contributed by atoms with van der Waals surface area (Å²) in [4.78, 5) is 12.6. The van der Waals surface area contributed by atoms with Crippen LogP contribution in [0.2, 0.25) is 18.1 Å². The van der Waals surface area contributed by atoms with Crippen LogP contribution in [0.15, 0.2) is 54.6 Å². The fourth-order valence-corrected chi connectivity index (χ4v) is 7.56. The minimum Gasteiger partial charge on any atom is -0.462 e. The Bertz CT molecular complexity index is 738. The maximum atomic E-state index is 12.6. The second-order valence-corrected chi connectivity index (χ2v) is 11.8. The summed E-state index contributed by atoms with van der Waals surface area (Å²) in [5, 5.41) is 1.36. The summed E-state index contributed by atoms with van der Waals surface area (Å²) < 4.78 is 5.33. The molecule has 26 heavy (non-hydrogen) atoms. The van der Waals surface area contributed by atoms with Crippen molar-refractivity contribution in [3.63, 3.8) is 0 Å². The van der Waals surface area contributed by atoms with Gasteiger partial charge in [0.2, 0.25) is 0 Å². The van der Waals surface area contributed by atoms with Crippen molar-refractivity contribution in [3.05, 3.63) is 71.3 Å². The molecule has 2 aromatic rings. The van der Waals surface area contributed by atoms with Gasteiger partial charge in [0.15, 0.2) is 0 Å². The van der Waals surface area contributed by atoms with E-state index in [1.165, 1.54) is 10.8 Å².